The maximum absolute atomic E-state index is 11.6. The summed E-state index contributed by atoms with van der Waals surface area (Å²) >= 11 is 0. The lowest BCUT2D eigenvalue weighted by atomic mass is 10.1. The number of fused-ring (bicyclic) bond motifs is 3. The molecule has 0 saturated heterocycles. The summed E-state index contributed by atoms with van der Waals surface area (Å²) < 4.78 is 5.16. The van der Waals surface area contributed by atoms with Gasteiger partial charge in [0.1, 0.15) is 11.4 Å². The van der Waals surface area contributed by atoms with E-state index in [1.807, 2.05) is 0 Å². The maximum Gasteiger partial charge on any atom is 0.312 e. The van der Waals surface area contributed by atoms with Crippen LogP contribution in [0, 0.1) is 0 Å². The van der Waals surface area contributed by atoms with E-state index < -0.39 is 11.8 Å². The molecule has 1 aliphatic heterocycles. The predicted molar refractivity (Wildman–Crippen MR) is 58.4 cm³/mol. The lowest BCUT2D eigenvalue weighted by molar-refractivity contribution is 0.0919. The molecule has 2 amide bonds. The third-order valence-corrected chi connectivity index (χ3v) is 2.67. The maximum atomic E-state index is 11.6. The summed E-state index contributed by atoms with van der Waals surface area (Å²) in [4.78, 5) is 26.0. The normalized spacial score (nSPS) is 14.2. The average molecular weight is 229 g/mol. The molecule has 2 heterocycles. The molecule has 0 fully saturated rings. The molecule has 1 aliphatic rings. The minimum absolute atomic E-state index is 0.171. The minimum Gasteiger partial charge on any atom is -0.495 e. The monoisotopic (exact) mass is 229 g/mol. The average Bonchev–Trinajstić information content (AvgIpc) is 2.74. The van der Waals surface area contributed by atoms with Crippen LogP contribution >= 0.6 is 0 Å². The molecular weight excluding hydrogens is 222 g/mol. The number of nitrogens with zero attached hydrogens (tertiary/aromatic N) is 2. The van der Waals surface area contributed by atoms with Crippen LogP contribution in [0.15, 0.2) is 28.4 Å². The highest BCUT2D eigenvalue weighted by atomic mass is 16.5. The van der Waals surface area contributed by atoms with Crippen molar-refractivity contribution >= 4 is 22.7 Å². The van der Waals surface area contributed by atoms with Gasteiger partial charge in [-0.2, -0.15) is 0 Å². The Bertz CT molecular complexity index is 685. The van der Waals surface area contributed by atoms with Gasteiger partial charge in [0.2, 0.25) is 0 Å². The Balaban J connectivity index is 2.43. The Kier molecular flexibility index (Phi) is 1.85. The van der Waals surface area contributed by atoms with Gasteiger partial charge in [0, 0.05) is 5.39 Å². The molecule has 0 bridgehead atoms. The van der Waals surface area contributed by atoms with Crippen molar-refractivity contribution in [1.29, 1.82) is 0 Å². The molecule has 0 atom stereocenters. The molecule has 0 saturated carbocycles. The first kappa shape index (κ1) is 9.71. The van der Waals surface area contributed by atoms with Crippen molar-refractivity contribution in [2.75, 3.05) is 7.11 Å². The van der Waals surface area contributed by atoms with Gasteiger partial charge in [0.25, 0.3) is 5.91 Å². The van der Waals surface area contributed by atoms with Gasteiger partial charge >= 0.3 is 5.91 Å². The molecule has 3 rings (SSSR count). The summed E-state index contributed by atoms with van der Waals surface area (Å²) in [6.07, 6.45) is 0. The Morgan fingerprint density at radius 2 is 1.94 bits per heavy atom. The summed E-state index contributed by atoms with van der Waals surface area (Å²) in [6, 6.07) is 5.23. The number of hydrogen-bond acceptors (Lipinski definition) is 3. The van der Waals surface area contributed by atoms with Gasteiger partial charge < -0.3 is 9.72 Å². The van der Waals surface area contributed by atoms with E-state index in [2.05, 4.69) is 15.2 Å². The lowest BCUT2D eigenvalue weighted by Crippen LogP contribution is -2.09. The highest BCUT2D eigenvalue weighted by Gasteiger charge is 2.27. The Morgan fingerprint density at radius 1 is 1.18 bits per heavy atom. The predicted octanol–water partition coefficient (Wildman–Crippen LogP) is 1.92. The van der Waals surface area contributed by atoms with Crippen LogP contribution in [0.4, 0.5) is 0 Å². The summed E-state index contributed by atoms with van der Waals surface area (Å²) in [5, 5.41) is 7.19. The van der Waals surface area contributed by atoms with Crippen molar-refractivity contribution in [3.05, 3.63) is 29.5 Å². The van der Waals surface area contributed by atoms with E-state index in [4.69, 9.17) is 4.74 Å². The van der Waals surface area contributed by atoms with E-state index in [9.17, 15) is 9.59 Å². The second-order valence-electron chi connectivity index (χ2n) is 3.57. The molecule has 2 aromatic rings. The van der Waals surface area contributed by atoms with Gasteiger partial charge in [-0.1, -0.05) is 12.1 Å². The van der Waals surface area contributed by atoms with Crippen molar-refractivity contribution in [2.45, 2.75) is 0 Å². The van der Waals surface area contributed by atoms with Crippen LogP contribution in [0.1, 0.15) is 20.8 Å². The van der Waals surface area contributed by atoms with Gasteiger partial charge in [0.15, 0.2) is 0 Å². The molecule has 6 heteroatoms. The van der Waals surface area contributed by atoms with Gasteiger partial charge in [-0.15, -0.1) is 10.2 Å². The molecule has 1 aromatic heterocycles. The fourth-order valence-corrected chi connectivity index (χ4v) is 1.93. The standard InChI is InChI=1S/C11H7N3O3/c1-17-6-4-2-3-5-7-9(12-8(5)6)11(16)14-13-10(7)15/h2-4,12H,1H3. The largest absolute Gasteiger partial charge is 0.495 e. The quantitative estimate of drug-likeness (QED) is 0.810. The number of aromatic amines is 1. The zero-order valence-corrected chi connectivity index (χ0v) is 8.85. The van der Waals surface area contributed by atoms with Gasteiger partial charge in [0.05, 0.1) is 18.2 Å². The number of carbonyl (C=O) groups excluding carboxylic acids is 2. The van der Waals surface area contributed by atoms with E-state index in [1.165, 1.54) is 7.11 Å². The minimum atomic E-state index is -0.544. The van der Waals surface area contributed by atoms with Gasteiger partial charge in [-0.25, -0.2) is 0 Å². The molecule has 0 spiro atoms. The van der Waals surface area contributed by atoms with Crippen LogP contribution in [0.25, 0.3) is 10.9 Å². The molecule has 1 aromatic carbocycles. The number of nitrogens with one attached hydrogen (secondary N) is 1. The zero-order valence-electron chi connectivity index (χ0n) is 8.85. The topological polar surface area (TPSA) is 83.9 Å². The summed E-state index contributed by atoms with van der Waals surface area (Å²) in [5.74, 6) is -0.491. The van der Waals surface area contributed by atoms with Crippen molar-refractivity contribution < 1.29 is 14.3 Å². The molecule has 0 unspecified atom stereocenters. The van der Waals surface area contributed by atoms with E-state index >= 15 is 0 Å². The number of hydrogen-bond donors (Lipinski definition) is 1. The smallest absolute Gasteiger partial charge is 0.312 e. The molecule has 0 radical (unpaired) electrons. The molecule has 84 valence electrons. The first-order valence-electron chi connectivity index (χ1n) is 4.91. The van der Waals surface area contributed by atoms with Crippen molar-refractivity contribution in [3.63, 3.8) is 0 Å². The van der Waals surface area contributed by atoms with Gasteiger partial charge in [-0.05, 0) is 6.07 Å². The fourth-order valence-electron chi connectivity index (χ4n) is 1.93. The van der Waals surface area contributed by atoms with Crippen molar-refractivity contribution in [1.82, 2.24) is 4.98 Å². The van der Waals surface area contributed by atoms with Crippen LogP contribution in [-0.4, -0.2) is 23.9 Å². The van der Waals surface area contributed by atoms with E-state index in [-0.39, 0.29) is 11.3 Å². The van der Waals surface area contributed by atoms with Crippen LogP contribution < -0.4 is 4.74 Å². The zero-order chi connectivity index (χ0) is 12.0. The van der Waals surface area contributed by atoms with E-state index in [0.29, 0.717) is 16.7 Å². The molecule has 6 nitrogen and oxygen atoms in total. The Labute approximate surface area is 95.3 Å². The Hall–Kier alpha value is -2.50. The van der Waals surface area contributed by atoms with Crippen LogP contribution in [0.5, 0.6) is 5.75 Å². The summed E-state index contributed by atoms with van der Waals surface area (Å²) in [5.41, 5.74) is 1.04. The number of carbonyl (C=O) groups is 2. The van der Waals surface area contributed by atoms with E-state index in [1.54, 1.807) is 18.2 Å². The SMILES string of the molecule is COc1cccc2c3c([nH]c12)C(=O)N=NC3=O. The number of aromatic nitrogens is 1. The lowest BCUT2D eigenvalue weighted by Gasteiger charge is -2.01. The molecular formula is C11H7N3O3. The number of ether oxygens (including phenoxy) is 1. The number of rotatable bonds is 1. The summed E-state index contributed by atoms with van der Waals surface area (Å²) in [6.45, 7) is 0. The van der Waals surface area contributed by atoms with Gasteiger partial charge in [-0.3, -0.25) is 9.59 Å². The molecule has 1 N–H and O–H groups in total. The van der Waals surface area contributed by atoms with Crippen LogP contribution in [-0.2, 0) is 0 Å². The number of azo groups is 1. The molecule has 17 heavy (non-hydrogen) atoms. The van der Waals surface area contributed by atoms with Crippen LogP contribution in [0.2, 0.25) is 0 Å². The second kappa shape index (κ2) is 3.24. The summed E-state index contributed by atoms with van der Waals surface area (Å²) in [7, 11) is 1.52. The first-order valence-corrected chi connectivity index (χ1v) is 4.91. The highest BCUT2D eigenvalue weighted by molar-refractivity contribution is 6.18. The second-order valence-corrected chi connectivity index (χ2v) is 3.57. The number of para-hydroxylation sites is 1. The number of amides is 2. The third kappa shape index (κ3) is 1.20. The van der Waals surface area contributed by atoms with Crippen molar-refractivity contribution in [2.24, 2.45) is 10.2 Å². The molecule has 0 aliphatic carbocycles. The first-order chi connectivity index (χ1) is 8.22. The fraction of sp³-hybridized carbons (Fsp3) is 0.0909. The van der Waals surface area contributed by atoms with Crippen LogP contribution in [0.3, 0.4) is 0 Å². The third-order valence-electron chi connectivity index (χ3n) is 2.67. The highest BCUT2D eigenvalue weighted by Crippen LogP contribution is 2.31. The Morgan fingerprint density at radius 3 is 2.71 bits per heavy atom. The number of methoxy groups -OCH3 is 1. The van der Waals surface area contributed by atoms with Crippen molar-refractivity contribution in [3.8, 4) is 5.75 Å². The van der Waals surface area contributed by atoms with E-state index in [0.717, 1.165) is 0 Å². The number of H-pyrrole nitrogens is 1. The number of benzene rings is 1.